The normalized spacial score (nSPS) is 15.5. The molecule has 1 unspecified atom stereocenters. The minimum absolute atomic E-state index is 0.0614. The fraction of sp³-hybridized carbons (Fsp3) is 0.333. The van der Waals surface area contributed by atoms with E-state index in [2.05, 4.69) is 15.2 Å². The number of nitrogens with zero attached hydrogens (tertiary/aromatic N) is 2. The number of pyridine rings is 1. The average molecular weight is 405 g/mol. The molecule has 3 aromatic rings. The van der Waals surface area contributed by atoms with Gasteiger partial charge in [0.2, 0.25) is 0 Å². The van der Waals surface area contributed by atoms with E-state index in [1.165, 1.54) is 19.3 Å². The molecular weight excluding hydrogens is 378 g/mol. The summed E-state index contributed by atoms with van der Waals surface area (Å²) < 4.78 is 11.4. The Hall–Kier alpha value is -3.12. The van der Waals surface area contributed by atoms with Crippen molar-refractivity contribution in [1.82, 2.24) is 15.2 Å². The molecule has 1 fully saturated rings. The summed E-state index contributed by atoms with van der Waals surface area (Å²) in [6, 6.07) is 15.0. The van der Waals surface area contributed by atoms with Crippen molar-refractivity contribution >= 4 is 5.91 Å². The molecule has 1 aliphatic rings. The summed E-state index contributed by atoms with van der Waals surface area (Å²) in [7, 11) is 0. The Morgan fingerprint density at radius 2 is 1.93 bits per heavy atom. The standard InChI is InChI=1S/C24H27N3O3/c28-24(20-8-10-21(11-9-20)30-18-19-6-4-12-25-16-19)26-17-22(23-7-5-15-29-23)27-13-2-1-3-14-27/h4-12,15-16,22H,1-3,13-14,17-18H2,(H,26,28). The van der Waals surface area contributed by atoms with Crippen molar-refractivity contribution < 1.29 is 13.9 Å². The maximum atomic E-state index is 12.7. The molecular formula is C24H27N3O3. The van der Waals surface area contributed by atoms with Gasteiger partial charge in [-0.15, -0.1) is 0 Å². The third-order valence-corrected chi connectivity index (χ3v) is 5.40. The van der Waals surface area contributed by atoms with Gasteiger partial charge in [0, 0.05) is 30.1 Å². The lowest BCUT2D eigenvalue weighted by atomic mass is 10.1. The van der Waals surface area contributed by atoms with Crippen LogP contribution in [0.3, 0.4) is 0 Å². The van der Waals surface area contributed by atoms with Crippen molar-refractivity contribution in [1.29, 1.82) is 0 Å². The van der Waals surface area contributed by atoms with Crippen molar-refractivity contribution in [3.05, 3.63) is 84.1 Å². The molecule has 1 aliphatic heterocycles. The van der Waals surface area contributed by atoms with Crippen LogP contribution in [0.15, 0.2) is 71.6 Å². The minimum Gasteiger partial charge on any atom is -0.489 e. The lowest BCUT2D eigenvalue weighted by Gasteiger charge is -2.33. The Balaban J connectivity index is 1.33. The van der Waals surface area contributed by atoms with Gasteiger partial charge in [0.25, 0.3) is 5.91 Å². The van der Waals surface area contributed by atoms with Crippen molar-refractivity contribution in [2.24, 2.45) is 0 Å². The molecule has 6 heteroatoms. The van der Waals surface area contributed by atoms with Gasteiger partial charge in [0.1, 0.15) is 18.1 Å². The SMILES string of the molecule is O=C(NCC(c1ccco1)N1CCCCC1)c1ccc(OCc2cccnc2)cc1. The molecule has 30 heavy (non-hydrogen) atoms. The van der Waals surface area contributed by atoms with Gasteiger partial charge in [0.15, 0.2) is 0 Å². The van der Waals surface area contributed by atoms with Crippen molar-refractivity contribution in [3.63, 3.8) is 0 Å². The van der Waals surface area contributed by atoms with E-state index < -0.39 is 0 Å². The second-order valence-electron chi connectivity index (χ2n) is 7.51. The van der Waals surface area contributed by atoms with Gasteiger partial charge in [-0.3, -0.25) is 14.7 Å². The van der Waals surface area contributed by atoms with E-state index in [1.807, 2.05) is 36.4 Å². The summed E-state index contributed by atoms with van der Waals surface area (Å²) in [5, 5.41) is 3.07. The van der Waals surface area contributed by atoms with Crippen LogP contribution in [-0.2, 0) is 6.61 Å². The van der Waals surface area contributed by atoms with Crippen LogP contribution in [0.2, 0.25) is 0 Å². The van der Waals surface area contributed by atoms with Crippen LogP contribution in [0.4, 0.5) is 0 Å². The Morgan fingerprint density at radius 3 is 2.63 bits per heavy atom. The first-order chi connectivity index (χ1) is 14.8. The zero-order chi connectivity index (χ0) is 20.6. The Morgan fingerprint density at radius 1 is 1.10 bits per heavy atom. The molecule has 0 spiro atoms. The topological polar surface area (TPSA) is 67.6 Å². The number of aromatic nitrogens is 1. The molecule has 0 aliphatic carbocycles. The number of carbonyl (C=O) groups excluding carboxylic acids is 1. The van der Waals surface area contributed by atoms with Crippen LogP contribution in [0.1, 0.15) is 47.0 Å². The number of carbonyl (C=O) groups is 1. The van der Waals surface area contributed by atoms with Crippen LogP contribution in [0.25, 0.3) is 0 Å². The van der Waals surface area contributed by atoms with Crippen LogP contribution >= 0.6 is 0 Å². The van der Waals surface area contributed by atoms with Gasteiger partial charge in [-0.1, -0.05) is 12.5 Å². The zero-order valence-corrected chi connectivity index (χ0v) is 17.0. The number of benzene rings is 1. The Kier molecular flexibility index (Phi) is 6.77. The fourth-order valence-electron chi connectivity index (χ4n) is 3.76. The van der Waals surface area contributed by atoms with Crippen molar-refractivity contribution in [2.45, 2.75) is 31.9 Å². The number of nitrogens with one attached hydrogen (secondary N) is 1. The summed E-state index contributed by atoms with van der Waals surface area (Å²) >= 11 is 0. The van der Waals surface area contributed by atoms with Gasteiger partial charge in [0.05, 0.1) is 12.3 Å². The average Bonchev–Trinajstić information content (AvgIpc) is 3.34. The molecule has 1 N–H and O–H groups in total. The third-order valence-electron chi connectivity index (χ3n) is 5.40. The zero-order valence-electron chi connectivity index (χ0n) is 17.0. The molecule has 1 amide bonds. The summed E-state index contributed by atoms with van der Waals surface area (Å²) in [5.41, 5.74) is 1.61. The van der Waals surface area contributed by atoms with Gasteiger partial charge < -0.3 is 14.5 Å². The molecule has 156 valence electrons. The van der Waals surface area contributed by atoms with E-state index in [4.69, 9.17) is 9.15 Å². The first kappa shape index (κ1) is 20.2. The van der Waals surface area contributed by atoms with Crippen LogP contribution in [0.5, 0.6) is 5.75 Å². The Labute approximate surface area is 176 Å². The third kappa shape index (κ3) is 5.27. The largest absolute Gasteiger partial charge is 0.489 e. The molecule has 0 saturated carbocycles. The highest BCUT2D eigenvalue weighted by Gasteiger charge is 2.25. The molecule has 0 bridgehead atoms. The molecule has 0 radical (unpaired) electrons. The van der Waals surface area contributed by atoms with Crippen molar-refractivity contribution in [3.8, 4) is 5.75 Å². The molecule has 4 rings (SSSR count). The number of rotatable bonds is 8. The van der Waals surface area contributed by atoms with Gasteiger partial charge in [-0.05, 0) is 68.4 Å². The van der Waals surface area contributed by atoms with Gasteiger partial charge in [-0.25, -0.2) is 0 Å². The van der Waals surface area contributed by atoms with Crippen LogP contribution < -0.4 is 10.1 Å². The summed E-state index contributed by atoms with van der Waals surface area (Å²) in [6.07, 6.45) is 8.84. The number of ether oxygens (including phenoxy) is 1. The predicted molar refractivity (Wildman–Crippen MR) is 114 cm³/mol. The highest BCUT2D eigenvalue weighted by Crippen LogP contribution is 2.24. The molecule has 1 saturated heterocycles. The maximum Gasteiger partial charge on any atom is 0.251 e. The van der Waals surface area contributed by atoms with Crippen LogP contribution in [-0.4, -0.2) is 35.4 Å². The smallest absolute Gasteiger partial charge is 0.251 e. The van der Waals surface area contributed by atoms with E-state index in [-0.39, 0.29) is 11.9 Å². The van der Waals surface area contributed by atoms with Crippen LogP contribution in [0, 0.1) is 0 Å². The number of amides is 1. The second-order valence-corrected chi connectivity index (χ2v) is 7.51. The number of furan rings is 1. The first-order valence-electron chi connectivity index (χ1n) is 10.5. The fourth-order valence-corrected chi connectivity index (χ4v) is 3.76. The lowest BCUT2D eigenvalue weighted by molar-refractivity contribution is 0.0914. The second kappa shape index (κ2) is 10.1. The number of hydrogen-bond donors (Lipinski definition) is 1. The minimum atomic E-state index is -0.0950. The highest BCUT2D eigenvalue weighted by molar-refractivity contribution is 5.94. The van der Waals surface area contributed by atoms with E-state index in [0.717, 1.165) is 30.2 Å². The summed E-state index contributed by atoms with van der Waals surface area (Å²) in [4.78, 5) is 19.2. The number of hydrogen-bond acceptors (Lipinski definition) is 5. The quantitative estimate of drug-likeness (QED) is 0.608. The van der Waals surface area contributed by atoms with Gasteiger partial charge >= 0.3 is 0 Å². The predicted octanol–water partition coefficient (Wildman–Crippen LogP) is 4.21. The first-order valence-corrected chi connectivity index (χ1v) is 10.5. The Bertz CT molecular complexity index is 905. The van der Waals surface area contributed by atoms with Crippen molar-refractivity contribution in [2.75, 3.05) is 19.6 Å². The summed E-state index contributed by atoms with van der Waals surface area (Å²) in [5.74, 6) is 1.52. The monoisotopic (exact) mass is 405 g/mol. The molecule has 6 nitrogen and oxygen atoms in total. The van der Waals surface area contributed by atoms with Gasteiger partial charge in [-0.2, -0.15) is 0 Å². The number of piperidine rings is 1. The molecule has 3 heterocycles. The van der Waals surface area contributed by atoms with E-state index >= 15 is 0 Å². The van der Waals surface area contributed by atoms with E-state index in [0.29, 0.717) is 18.7 Å². The lowest BCUT2D eigenvalue weighted by Crippen LogP contribution is -2.40. The molecule has 1 atom stereocenters. The number of likely N-dealkylation sites (tertiary alicyclic amines) is 1. The van der Waals surface area contributed by atoms with E-state index in [1.54, 1.807) is 30.8 Å². The highest BCUT2D eigenvalue weighted by atomic mass is 16.5. The molecule has 2 aromatic heterocycles. The molecule has 1 aromatic carbocycles. The maximum absolute atomic E-state index is 12.7. The summed E-state index contributed by atoms with van der Waals surface area (Å²) in [6.45, 7) is 3.03. The van der Waals surface area contributed by atoms with E-state index in [9.17, 15) is 4.79 Å².